The third-order valence-electron chi connectivity index (χ3n) is 3.08. The van der Waals surface area contributed by atoms with Gasteiger partial charge in [-0.3, -0.25) is 0 Å². The van der Waals surface area contributed by atoms with Gasteiger partial charge < -0.3 is 5.32 Å². The third kappa shape index (κ3) is 3.34. The van der Waals surface area contributed by atoms with E-state index in [1.54, 1.807) is 0 Å². The summed E-state index contributed by atoms with van der Waals surface area (Å²) in [6, 6.07) is 6.41. The highest BCUT2D eigenvalue weighted by Gasteiger charge is 2.14. The molecule has 1 N–H and O–H groups in total. The summed E-state index contributed by atoms with van der Waals surface area (Å²) in [5.41, 5.74) is 4.59. The van der Waals surface area contributed by atoms with Gasteiger partial charge in [0.1, 0.15) is 5.69 Å². The molecule has 0 unspecified atom stereocenters. The number of benzene rings is 1. The molecule has 4 nitrogen and oxygen atoms in total. The van der Waals surface area contributed by atoms with Crippen molar-refractivity contribution in [3.05, 3.63) is 41.2 Å². The summed E-state index contributed by atoms with van der Waals surface area (Å²) in [5, 5.41) is 11.8. The van der Waals surface area contributed by atoms with Crippen molar-refractivity contribution in [3.63, 3.8) is 0 Å². The Labute approximate surface area is 114 Å². The molecule has 0 spiro atoms. The Bertz CT molecular complexity index is 564. The van der Waals surface area contributed by atoms with E-state index in [0.717, 1.165) is 11.4 Å². The molecule has 0 aliphatic carbocycles. The van der Waals surface area contributed by atoms with Gasteiger partial charge in [-0.1, -0.05) is 17.3 Å². The van der Waals surface area contributed by atoms with Gasteiger partial charge in [0.05, 0.1) is 18.3 Å². The molecule has 19 heavy (non-hydrogen) atoms. The lowest BCUT2D eigenvalue weighted by Crippen LogP contribution is -2.22. The number of rotatable bonds is 3. The maximum Gasteiger partial charge on any atom is 0.102 e. The Balaban J connectivity index is 2.06. The van der Waals surface area contributed by atoms with E-state index in [9.17, 15) is 0 Å². The fraction of sp³-hybridized carbons (Fsp3) is 0.467. The first-order valence-corrected chi connectivity index (χ1v) is 6.59. The van der Waals surface area contributed by atoms with Gasteiger partial charge in [-0.25, -0.2) is 4.68 Å². The Morgan fingerprint density at radius 2 is 1.95 bits per heavy atom. The predicted octanol–water partition coefficient (Wildman–Crippen LogP) is 3.26. The quantitative estimate of drug-likeness (QED) is 0.919. The Morgan fingerprint density at radius 3 is 2.58 bits per heavy atom. The molecule has 4 heteroatoms. The minimum atomic E-state index is -0.0233. The lowest BCUT2D eigenvalue weighted by atomic mass is 10.1. The molecule has 0 bridgehead atoms. The molecule has 1 aromatic heterocycles. The lowest BCUT2D eigenvalue weighted by Gasteiger charge is -2.17. The monoisotopic (exact) mass is 258 g/mol. The van der Waals surface area contributed by atoms with Crippen LogP contribution in [0, 0.1) is 13.8 Å². The van der Waals surface area contributed by atoms with Gasteiger partial charge in [-0.15, -0.1) is 5.10 Å². The Kier molecular flexibility index (Phi) is 3.60. The first-order valence-electron chi connectivity index (χ1n) is 6.59. The standard InChI is InChI=1S/C15H22N4/c1-11-6-7-12(2)14(8-11)16-9-13-10-19(18-17-13)15(3,4)5/h6-8,10,16H,9H2,1-5H3. The molecular weight excluding hydrogens is 236 g/mol. The molecule has 0 atom stereocenters. The second-order valence-corrected chi connectivity index (χ2v) is 6.00. The van der Waals surface area contributed by atoms with Crippen LogP contribution in [0.1, 0.15) is 37.6 Å². The fourth-order valence-corrected chi connectivity index (χ4v) is 1.82. The first kappa shape index (κ1) is 13.6. The number of hydrogen-bond acceptors (Lipinski definition) is 3. The molecule has 0 aliphatic heterocycles. The number of anilines is 1. The van der Waals surface area contributed by atoms with Crippen LogP contribution in [0.15, 0.2) is 24.4 Å². The van der Waals surface area contributed by atoms with E-state index in [4.69, 9.17) is 0 Å². The molecule has 1 heterocycles. The van der Waals surface area contributed by atoms with Gasteiger partial charge in [0.25, 0.3) is 0 Å². The molecular formula is C15H22N4. The van der Waals surface area contributed by atoms with Crippen molar-refractivity contribution in [1.29, 1.82) is 0 Å². The maximum atomic E-state index is 4.20. The second-order valence-electron chi connectivity index (χ2n) is 6.00. The van der Waals surface area contributed by atoms with Crippen molar-refractivity contribution < 1.29 is 0 Å². The average molecular weight is 258 g/mol. The zero-order valence-electron chi connectivity index (χ0n) is 12.4. The van der Waals surface area contributed by atoms with E-state index in [-0.39, 0.29) is 5.54 Å². The van der Waals surface area contributed by atoms with Crippen LogP contribution < -0.4 is 5.32 Å². The minimum absolute atomic E-state index is 0.0233. The van der Waals surface area contributed by atoms with Gasteiger partial charge in [-0.2, -0.15) is 0 Å². The Morgan fingerprint density at radius 1 is 1.21 bits per heavy atom. The summed E-state index contributed by atoms with van der Waals surface area (Å²) in [4.78, 5) is 0. The number of hydrogen-bond donors (Lipinski definition) is 1. The molecule has 0 saturated heterocycles. The summed E-state index contributed by atoms with van der Waals surface area (Å²) < 4.78 is 1.90. The van der Waals surface area contributed by atoms with Gasteiger partial charge in [0, 0.05) is 5.69 Å². The third-order valence-corrected chi connectivity index (χ3v) is 3.08. The van der Waals surface area contributed by atoms with E-state index >= 15 is 0 Å². The summed E-state index contributed by atoms with van der Waals surface area (Å²) in [6.07, 6.45) is 2.00. The first-order chi connectivity index (χ1) is 8.86. The van der Waals surface area contributed by atoms with Crippen LogP contribution >= 0.6 is 0 Å². The molecule has 0 fully saturated rings. The normalized spacial score (nSPS) is 11.6. The highest BCUT2D eigenvalue weighted by atomic mass is 15.4. The molecule has 0 saturated carbocycles. The average Bonchev–Trinajstić information content (AvgIpc) is 2.79. The zero-order chi connectivity index (χ0) is 14.0. The van der Waals surface area contributed by atoms with Crippen molar-refractivity contribution in [2.75, 3.05) is 5.32 Å². The topological polar surface area (TPSA) is 42.7 Å². The fourth-order valence-electron chi connectivity index (χ4n) is 1.82. The molecule has 0 aliphatic rings. The van der Waals surface area contributed by atoms with E-state index in [0.29, 0.717) is 6.54 Å². The summed E-state index contributed by atoms with van der Waals surface area (Å²) in [5.74, 6) is 0. The minimum Gasteiger partial charge on any atom is -0.379 e. The number of nitrogens with zero attached hydrogens (tertiary/aromatic N) is 3. The second kappa shape index (κ2) is 5.03. The van der Waals surface area contributed by atoms with Crippen LogP contribution in [0.5, 0.6) is 0 Å². The van der Waals surface area contributed by atoms with Crippen molar-refractivity contribution >= 4 is 5.69 Å². The van der Waals surface area contributed by atoms with Gasteiger partial charge in [0.15, 0.2) is 0 Å². The SMILES string of the molecule is Cc1ccc(C)c(NCc2cn(C(C)(C)C)nn2)c1. The van der Waals surface area contributed by atoms with E-state index < -0.39 is 0 Å². The maximum absolute atomic E-state index is 4.20. The van der Waals surface area contributed by atoms with Gasteiger partial charge in [-0.05, 0) is 51.8 Å². The van der Waals surface area contributed by atoms with Crippen LogP contribution in [0.3, 0.4) is 0 Å². The smallest absolute Gasteiger partial charge is 0.102 e. The van der Waals surface area contributed by atoms with Crippen LogP contribution in [0.4, 0.5) is 5.69 Å². The van der Waals surface area contributed by atoms with E-state index in [1.165, 1.54) is 11.1 Å². The summed E-state index contributed by atoms with van der Waals surface area (Å²) in [7, 11) is 0. The highest BCUT2D eigenvalue weighted by molar-refractivity contribution is 5.52. The van der Waals surface area contributed by atoms with Crippen LogP contribution in [0.2, 0.25) is 0 Å². The van der Waals surface area contributed by atoms with Crippen molar-refractivity contribution in [3.8, 4) is 0 Å². The van der Waals surface area contributed by atoms with Crippen LogP contribution in [-0.2, 0) is 12.1 Å². The van der Waals surface area contributed by atoms with Gasteiger partial charge in [0.2, 0.25) is 0 Å². The molecule has 2 rings (SSSR count). The summed E-state index contributed by atoms with van der Waals surface area (Å²) >= 11 is 0. The summed E-state index contributed by atoms with van der Waals surface area (Å²) in [6.45, 7) is 11.2. The van der Waals surface area contributed by atoms with Crippen molar-refractivity contribution in [2.24, 2.45) is 0 Å². The number of aromatic nitrogens is 3. The van der Waals surface area contributed by atoms with Crippen LogP contribution in [-0.4, -0.2) is 15.0 Å². The van der Waals surface area contributed by atoms with E-state index in [2.05, 4.69) is 68.4 Å². The van der Waals surface area contributed by atoms with Crippen molar-refractivity contribution in [2.45, 2.75) is 46.7 Å². The lowest BCUT2D eigenvalue weighted by molar-refractivity contribution is 0.347. The number of aryl methyl sites for hydroxylation is 2. The molecule has 2 aromatic rings. The highest BCUT2D eigenvalue weighted by Crippen LogP contribution is 2.17. The zero-order valence-corrected chi connectivity index (χ0v) is 12.4. The van der Waals surface area contributed by atoms with Gasteiger partial charge >= 0.3 is 0 Å². The van der Waals surface area contributed by atoms with E-state index in [1.807, 2.05) is 10.9 Å². The Hall–Kier alpha value is -1.84. The predicted molar refractivity (Wildman–Crippen MR) is 78.3 cm³/mol. The molecule has 0 radical (unpaired) electrons. The largest absolute Gasteiger partial charge is 0.379 e. The van der Waals surface area contributed by atoms with Crippen molar-refractivity contribution in [1.82, 2.24) is 15.0 Å². The molecule has 102 valence electrons. The molecule has 0 amide bonds. The number of nitrogens with one attached hydrogen (secondary N) is 1. The van der Waals surface area contributed by atoms with Crippen LogP contribution in [0.25, 0.3) is 0 Å². The molecule has 1 aromatic carbocycles.